The lowest BCUT2D eigenvalue weighted by Gasteiger charge is -2.07. The molecule has 13 heavy (non-hydrogen) atoms. The van der Waals surface area contributed by atoms with Crippen molar-refractivity contribution in [3.8, 4) is 0 Å². The minimum absolute atomic E-state index is 0.364. The Morgan fingerprint density at radius 3 is 2.92 bits per heavy atom. The Bertz CT molecular complexity index is 297. The van der Waals surface area contributed by atoms with E-state index in [-0.39, 0.29) is 0 Å². The number of rotatable bonds is 4. The summed E-state index contributed by atoms with van der Waals surface area (Å²) < 4.78 is 4.79. The van der Waals surface area contributed by atoms with Gasteiger partial charge in [0.05, 0.1) is 5.02 Å². The molecule has 0 saturated carbocycles. The van der Waals surface area contributed by atoms with Gasteiger partial charge >= 0.3 is 5.97 Å². The van der Waals surface area contributed by atoms with Crippen molar-refractivity contribution in [3.63, 3.8) is 0 Å². The fourth-order valence-corrected chi connectivity index (χ4v) is 2.02. The minimum Gasteiger partial charge on any atom is -0.479 e. The first kappa shape index (κ1) is 10.5. The third-order valence-corrected chi connectivity index (χ3v) is 2.87. The molecule has 1 atom stereocenters. The first-order valence-corrected chi connectivity index (χ1v) is 4.87. The maximum absolute atomic E-state index is 10.6. The molecule has 1 N–H and O–H groups in total. The highest BCUT2D eigenvalue weighted by atomic mass is 35.5. The molecule has 0 aliphatic heterocycles. The molecule has 1 heterocycles. The third kappa shape index (κ3) is 2.99. The van der Waals surface area contributed by atoms with Gasteiger partial charge in [0.15, 0.2) is 6.10 Å². The van der Waals surface area contributed by atoms with Crippen LogP contribution in [-0.2, 0) is 16.0 Å². The second kappa shape index (κ2) is 4.60. The van der Waals surface area contributed by atoms with E-state index >= 15 is 0 Å². The summed E-state index contributed by atoms with van der Waals surface area (Å²) in [4.78, 5) is 11.5. The Labute approximate surface area is 84.9 Å². The fraction of sp³-hybridized carbons (Fsp3) is 0.375. The van der Waals surface area contributed by atoms with Crippen molar-refractivity contribution in [1.29, 1.82) is 0 Å². The lowest BCUT2D eigenvalue weighted by molar-refractivity contribution is -0.148. The van der Waals surface area contributed by atoms with Crippen molar-refractivity contribution in [2.45, 2.75) is 12.5 Å². The van der Waals surface area contributed by atoms with E-state index in [0.29, 0.717) is 11.4 Å². The summed E-state index contributed by atoms with van der Waals surface area (Å²) in [5, 5.41) is 11.1. The van der Waals surface area contributed by atoms with Gasteiger partial charge in [-0.2, -0.15) is 0 Å². The summed E-state index contributed by atoms with van der Waals surface area (Å²) in [7, 11) is 1.38. The largest absolute Gasteiger partial charge is 0.479 e. The lowest BCUT2D eigenvalue weighted by atomic mass is 10.2. The number of methoxy groups -OCH3 is 1. The average Bonchev–Trinajstić information content (AvgIpc) is 2.46. The highest BCUT2D eigenvalue weighted by molar-refractivity contribution is 7.10. The van der Waals surface area contributed by atoms with E-state index in [1.54, 1.807) is 11.4 Å². The van der Waals surface area contributed by atoms with Crippen LogP contribution in [0.1, 0.15) is 4.88 Å². The Morgan fingerprint density at radius 2 is 2.54 bits per heavy atom. The van der Waals surface area contributed by atoms with Gasteiger partial charge in [-0.1, -0.05) is 11.6 Å². The van der Waals surface area contributed by atoms with E-state index in [2.05, 4.69) is 0 Å². The number of thiophene rings is 1. The number of ether oxygens (including phenoxy) is 1. The summed E-state index contributed by atoms with van der Waals surface area (Å²) in [5.41, 5.74) is 0. The molecule has 1 aromatic rings. The number of hydrogen-bond acceptors (Lipinski definition) is 3. The maximum Gasteiger partial charge on any atom is 0.333 e. The number of halogens is 1. The first-order valence-electron chi connectivity index (χ1n) is 3.62. The van der Waals surface area contributed by atoms with Crippen LogP contribution < -0.4 is 0 Å². The van der Waals surface area contributed by atoms with Crippen LogP contribution in [0.4, 0.5) is 0 Å². The Hall–Kier alpha value is -0.580. The zero-order valence-corrected chi connectivity index (χ0v) is 8.56. The summed E-state index contributed by atoms with van der Waals surface area (Å²) in [6.07, 6.45) is -0.418. The second-order valence-electron chi connectivity index (χ2n) is 2.50. The SMILES string of the molecule is COC(Cc1cc(Cl)cs1)C(=O)O. The molecule has 3 nitrogen and oxygen atoms in total. The highest BCUT2D eigenvalue weighted by Crippen LogP contribution is 2.20. The monoisotopic (exact) mass is 220 g/mol. The smallest absolute Gasteiger partial charge is 0.333 e. The fourth-order valence-electron chi connectivity index (χ4n) is 0.915. The lowest BCUT2D eigenvalue weighted by Crippen LogP contribution is -2.24. The van der Waals surface area contributed by atoms with Gasteiger partial charge < -0.3 is 9.84 Å². The highest BCUT2D eigenvalue weighted by Gasteiger charge is 2.17. The van der Waals surface area contributed by atoms with Crippen molar-refractivity contribution >= 4 is 28.9 Å². The molecule has 0 radical (unpaired) electrons. The van der Waals surface area contributed by atoms with E-state index in [9.17, 15) is 4.79 Å². The second-order valence-corrected chi connectivity index (χ2v) is 3.93. The molecular weight excluding hydrogens is 212 g/mol. The molecule has 0 aliphatic carbocycles. The van der Waals surface area contributed by atoms with Crippen molar-refractivity contribution in [2.75, 3.05) is 7.11 Å². The Kier molecular flexibility index (Phi) is 3.71. The zero-order valence-electron chi connectivity index (χ0n) is 6.99. The molecule has 1 aromatic heterocycles. The molecule has 1 unspecified atom stereocenters. The summed E-state index contributed by atoms with van der Waals surface area (Å²) in [6.45, 7) is 0. The predicted molar refractivity (Wildman–Crippen MR) is 51.5 cm³/mol. The van der Waals surface area contributed by atoms with Crippen LogP contribution >= 0.6 is 22.9 Å². The predicted octanol–water partition coefficient (Wildman–Crippen LogP) is 2.04. The third-order valence-electron chi connectivity index (χ3n) is 1.57. The van der Waals surface area contributed by atoms with Crippen molar-refractivity contribution < 1.29 is 14.6 Å². The van der Waals surface area contributed by atoms with Crippen molar-refractivity contribution in [1.82, 2.24) is 0 Å². The van der Waals surface area contributed by atoms with Gasteiger partial charge in [0.1, 0.15) is 0 Å². The summed E-state index contributed by atoms with van der Waals surface area (Å²) >= 11 is 7.12. The number of carboxylic acids is 1. The molecule has 0 amide bonds. The number of carboxylic acid groups (broad SMARTS) is 1. The molecule has 72 valence electrons. The van der Waals surface area contributed by atoms with Crippen LogP contribution in [0.25, 0.3) is 0 Å². The van der Waals surface area contributed by atoms with Gasteiger partial charge in [0, 0.05) is 23.8 Å². The maximum atomic E-state index is 10.6. The summed E-state index contributed by atoms with van der Waals surface area (Å²) in [5.74, 6) is -0.952. The summed E-state index contributed by atoms with van der Waals surface area (Å²) in [6, 6.07) is 1.75. The molecular formula is C8H9ClO3S. The van der Waals surface area contributed by atoms with Gasteiger partial charge in [-0.25, -0.2) is 4.79 Å². The molecule has 0 aromatic carbocycles. The van der Waals surface area contributed by atoms with Crippen LogP contribution in [0.2, 0.25) is 5.02 Å². The average molecular weight is 221 g/mol. The van der Waals surface area contributed by atoms with Gasteiger partial charge in [-0.05, 0) is 6.07 Å². The van der Waals surface area contributed by atoms with Gasteiger partial charge in [-0.3, -0.25) is 0 Å². The first-order chi connectivity index (χ1) is 6.13. The van der Waals surface area contributed by atoms with Crippen LogP contribution in [0, 0.1) is 0 Å². The standard InChI is InChI=1S/C8H9ClO3S/c1-12-7(8(10)11)3-6-2-5(9)4-13-6/h2,4,7H,3H2,1H3,(H,10,11). The number of hydrogen-bond donors (Lipinski definition) is 1. The molecule has 0 fully saturated rings. The quantitative estimate of drug-likeness (QED) is 0.845. The normalized spacial score (nSPS) is 12.8. The number of aliphatic carboxylic acids is 1. The van der Waals surface area contributed by atoms with Crippen LogP contribution in [0.3, 0.4) is 0 Å². The van der Waals surface area contributed by atoms with Gasteiger partial charge in [-0.15, -0.1) is 11.3 Å². The van der Waals surface area contributed by atoms with Crippen LogP contribution in [0.15, 0.2) is 11.4 Å². The van der Waals surface area contributed by atoms with Crippen LogP contribution in [-0.4, -0.2) is 24.3 Å². The Balaban J connectivity index is 2.61. The van der Waals surface area contributed by atoms with E-state index in [1.165, 1.54) is 18.4 Å². The van der Waals surface area contributed by atoms with Crippen LogP contribution in [0.5, 0.6) is 0 Å². The van der Waals surface area contributed by atoms with Gasteiger partial charge in [0.25, 0.3) is 0 Å². The van der Waals surface area contributed by atoms with E-state index in [4.69, 9.17) is 21.4 Å². The Morgan fingerprint density at radius 1 is 1.85 bits per heavy atom. The molecule has 5 heteroatoms. The molecule has 0 aliphatic rings. The zero-order chi connectivity index (χ0) is 9.84. The number of carbonyl (C=O) groups is 1. The van der Waals surface area contributed by atoms with Crippen molar-refractivity contribution in [2.24, 2.45) is 0 Å². The van der Waals surface area contributed by atoms with E-state index in [1.807, 2.05) is 0 Å². The topological polar surface area (TPSA) is 46.5 Å². The minimum atomic E-state index is -0.952. The molecule has 0 saturated heterocycles. The van der Waals surface area contributed by atoms with Crippen molar-refractivity contribution in [3.05, 3.63) is 21.3 Å². The van der Waals surface area contributed by atoms with Gasteiger partial charge in [0.2, 0.25) is 0 Å². The van der Waals surface area contributed by atoms with E-state index < -0.39 is 12.1 Å². The molecule has 0 bridgehead atoms. The van der Waals surface area contributed by atoms with E-state index in [0.717, 1.165) is 4.88 Å². The molecule has 0 spiro atoms. The molecule has 1 rings (SSSR count).